The largest absolute Gasteiger partial charge is 0.468 e. The molecule has 2 saturated heterocycles. The molecule has 6 nitrogen and oxygen atoms in total. The van der Waals surface area contributed by atoms with Crippen molar-refractivity contribution < 1.29 is 19.1 Å². The molecule has 2 heterocycles. The lowest BCUT2D eigenvalue weighted by Gasteiger charge is -2.32. The molecule has 2 fully saturated rings. The van der Waals surface area contributed by atoms with Crippen LogP contribution in [0.3, 0.4) is 0 Å². The molecule has 140 valence electrons. The van der Waals surface area contributed by atoms with E-state index in [1.54, 1.807) is 11.8 Å². The highest BCUT2D eigenvalue weighted by Crippen LogP contribution is 2.50. The van der Waals surface area contributed by atoms with Gasteiger partial charge >= 0.3 is 5.97 Å². The highest BCUT2D eigenvalue weighted by Gasteiger charge is 2.67. The monoisotopic (exact) mass is 376 g/mol. The summed E-state index contributed by atoms with van der Waals surface area (Å²) in [6, 6.07) is 7.35. The molecular weight excluding hydrogens is 352 g/mol. The van der Waals surface area contributed by atoms with Crippen molar-refractivity contribution in [1.82, 2.24) is 10.2 Å². The number of fused-ring (bicyclic) bond motifs is 1. The van der Waals surface area contributed by atoms with Crippen molar-refractivity contribution in [3.63, 3.8) is 0 Å². The van der Waals surface area contributed by atoms with Crippen LogP contribution in [0.25, 0.3) is 0 Å². The molecule has 3 rings (SSSR count). The molecule has 2 amide bonds. The Labute approximate surface area is 157 Å². The van der Waals surface area contributed by atoms with Gasteiger partial charge in [0.2, 0.25) is 11.8 Å². The topological polar surface area (TPSA) is 75.7 Å². The highest BCUT2D eigenvalue weighted by atomic mass is 32.2. The molecule has 1 aromatic carbocycles. The van der Waals surface area contributed by atoms with E-state index in [-0.39, 0.29) is 11.8 Å². The molecule has 0 aliphatic carbocycles. The summed E-state index contributed by atoms with van der Waals surface area (Å²) in [5, 5.41) is 3.37. The van der Waals surface area contributed by atoms with Gasteiger partial charge in [-0.05, 0) is 36.5 Å². The van der Waals surface area contributed by atoms with Crippen molar-refractivity contribution in [3.05, 3.63) is 35.4 Å². The van der Waals surface area contributed by atoms with Gasteiger partial charge in [0, 0.05) is 13.1 Å². The Morgan fingerprint density at radius 1 is 1.31 bits per heavy atom. The second-order valence-corrected chi connectivity index (χ2v) is 7.91. The van der Waals surface area contributed by atoms with E-state index >= 15 is 0 Å². The number of thioether (sulfide) groups is 1. The normalized spacial score (nSPS) is 30.6. The highest BCUT2D eigenvalue weighted by molar-refractivity contribution is 7.98. The zero-order chi connectivity index (χ0) is 19.1. The van der Waals surface area contributed by atoms with E-state index in [9.17, 15) is 14.4 Å². The first-order valence-corrected chi connectivity index (χ1v) is 10.0. The minimum Gasteiger partial charge on any atom is -0.468 e. The third-order valence-corrected chi connectivity index (χ3v) is 6.26. The van der Waals surface area contributed by atoms with Crippen LogP contribution in [0.5, 0.6) is 0 Å². The molecule has 2 aliphatic heterocycles. The molecule has 26 heavy (non-hydrogen) atoms. The summed E-state index contributed by atoms with van der Waals surface area (Å²) in [5.41, 5.74) is 0.769. The Morgan fingerprint density at radius 3 is 2.62 bits per heavy atom. The van der Waals surface area contributed by atoms with Gasteiger partial charge < -0.3 is 4.74 Å². The molecule has 0 saturated carbocycles. The minimum atomic E-state index is -1.19. The number of nitrogens with zero attached hydrogens (tertiary/aromatic N) is 1. The van der Waals surface area contributed by atoms with Gasteiger partial charge in [-0.25, -0.2) is 0 Å². The summed E-state index contributed by atoms with van der Waals surface area (Å²) in [5.74, 6) is -1.70. The molecule has 2 aliphatic rings. The number of hydrogen-bond acceptors (Lipinski definition) is 6. The maximum atomic E-state index is 12.9. The van der Waals surface area contributed by atoms with Crippen molar-refractivity contribution in [2.24, 2.45) is 11.8 Å². The van der Waals surface area contributed by atoms with Gasteiger partial charge in [-0.3, -0.25) is 24.6 Å². The summed E-state index contributed by atoms with van der Waals surface area (Å²) in [7, 11) is 2.82. The second kappa shape index (κ2) is 7.04. The number of aryl methyl sites for hydroxylation is 1. The summed E-state index contributed by atoms with van der Waals surface area (Å²) < 4.78 is 5.08. The van der Waals surface area contributed by atoms with E-state index in [1.165, 1.54) is 14.2 Å². The summed E-state index contributed by atoms with van der Waals surface area (Å²) in [6.07, 6.45) is 2.38. The number of nitrogens with one attached hydrogen (secondary N) is 1. The fraction of sp³-hybridized carbons (Fsp3) is 0.526. The lowest BCUT2D eigenvalue weighted by Crippen LogP contribution is -2.56. The zero-order valence-corrected chi connectivity index (χ0v) is 16.3. The fourth-order valence-electron chi connectivity index (χ4n) is 4.31. The molecule has 0 unspecified atom stereocenters. The number of carbonyl (C=O) groups excluding carboxylic acids is 3. The van der Waals surface area contributed by atoms with E-state index in [0.717, 1.165) is 16.0 Å². The van der Waals surface area contributed by atoms with Gasteiger partial charge in [-0.2, -0.15) is 11.8 Å². The molecule has 1 aromatic rings. The smallest absolute Gasteiger partial charge is 0.326 e. The number of rotatable bonds is 5. The summed E-state index contributed by atoms with van der Waals surface area (Å²) >= 11 is 1.59. The number of carbonyl (C=O) groups is 3. The molecule has 0 radical (unpaired) electrons. The van der Waals surface area contributed by atoms with Crippen LogP contribution in [0.15, 0.2) is 24.3 Å². The number of esters is 1. The van der Waals surface area contributed by atoms with Crippen molar-refractivity contribution in [3.8, 4) is 0 Å². The van der Waals surface area contributed by atoms with E-state index in [0.29, 0.717) is 12.2 Å². The number of benzene rings is 1. The van der Waals surface area contributed by atoms with E-state index in [1.807, 2.05) is 37.4 Å². The van der Waals surface area contributed by atoms with Crippen molar-refractivity contribution in [2.75, 3.05) is 26.2 Å². The maximum absolute atomic E-state index is 12.9. The Hall–Kier alpha value is -1.86. The SMILES string of the molecule is COC(=O)[C@@]1(CCSC)N[C@H](c2ccccc2C)[C@@H]2C(=O)N(C)C(=O)[C@H]21. The number of imide groups is 1. The summed E-state index contributed by atoms with van der Waals surface area (Å²) in [4.78, 5) is 39.8. The van der Waals surface area contributed by atoms with Gasteiger partial charge in [0.15, 0.2) is 0 Å². The molecule has 0 bridgehead atoms. The van der Waals surface area contributed by atoms with Crippen LogP contribution in [0.1, 0.15) is 23.6 Å². The first-order valence-electron chi connectivity index (χ1n) is 8.61. The van der Waals surface area contributed by atoms with Crippen LogP contribution in [-0.2, 0) is 19.1 Å². The summed E-state index contributed by atoms with van der Waals surface area (Å²) in [6.45, 7) is 1.97. The molecule has 0 spiro atoms. The molecule has 7 heteroatoms. The van der Waals surface area contributed by atoms with Gasteiger partial charge in [0.1, 0.15) is 5.54 Å². The van der Waals surface area contributed by atoms with Gasteiger partial charge in [-0.15, -0.1) is 0 Å². The molecule has 4 atom stereocenters. The lowest BCUT2D eigenvalue weighted by atomic mass is 9.77. The number of ether oxygens (including phenoxy) is 1. The molecular formula is C19H24N2O4S. The Kier molecular flexibility index (Phi) is 5.12. The minimum absolute atomic E-state index is 0.240. The fourth-order valence-corrected chi connectivity index (χ4v) is 4.84. The number of methoxy groups -OCH3 is 1. The van der Waals surface area contributed by atoms with Crippen molar-refractivity contribution in [1.29, 1.82) is 0 Å². The first-order chi connectivity index (χ1) is 12.4. The van der Waals surface area contributed by atoms with Crippen LogP contribution in [0.2, 0.25) is 0 Å². The lowest BCUT2D eigenvalue weighted by molar-refractivity contribution is -0.154. The first kappa shape index (κ1) is 18.9. The Balaban J connectivity index is 2.15. The van der Waals surface area contributed by atoms with E-state index < -0.39 is 29.4 Å². The number of likely N-dealkylation sites (tertiary alicyclic amines) is 1. The Morgan fingerprint density at radius 2 is 2.00 bits per heavy atom. The van der Waals surface area contributed by atoms with E-state index in [2.05, 4.69) is 5.32 Å². The van der Waals surface area contributed by atoms with Crippen molar-refractivity contribution >= 4 is 29.5 Å². The van der Waals surface area contributed by atoms with Crippen LogP contribution in [0, 0.1) is 18.8 Å². The number of hydrogen-bond donors (Lipinski definition) is 1. The average Bonchev–Trinajstić information content (AvgIpc) is 3.10. The van der Waals surface area contributed by atoms with Crippen LogP contribution in [-0.4, -0.2) is 54.4 Å². The average molecular weight is 376 g/mol. The van der Waals surface area contributed by atoms with Crippen LogP contribution >= 0.6 is 11.8 Å². The predicted molar refractivity (Wildman–Crippen MR) is 99.6 cm³/mol. The van der Waals surface area contributed by atoms with E-state index in [4.69, 9.17) is 4.74 Å². The molecule has 1 N–H and O–H groups in total. The van der Waals surface area contributed by atoms with Crippen LogP contribution < -0.4 is 5.32 Å². The van der Waals surface area contributed by atoms with Gasteiger partial charge in [0.05, 0.1) is 18.9 Å². The van der Waals surface area contributed by atoms with Gasteiger partial charge in [-0.1, -0.05) is 24.3 Å². The number of amides is 2. The Bertz CT molecular complexity index is 753. The van der Waals surface area contributed by atoms with Crippen LogP contribution in [0.4, 0.5) is 0 Å². The zero-order valence-electron chi connectivity index (χ0n) is 15.4. The van der Waals surface area contributed by atoms with Gasteiger partial charge in [0.25, 0.3) is 0 Å². The molecule has 0 aromatic heterocycles. The predicted octanol–water partition coefficient (Wildman–Crippen LogP) is 1.54. The second-order valence-electron chi connectivity index (χ2n) is 6.92. The maximum Gasteiger partial charge on any atom is 0.326 e. The standard InChI is InChI=1S/C19H24N2O4S/c1-11-7-5-6-8-12(11)15-13-14(17(23)21(2)16(13)22)19(20-15,9-10-26-4)18(24)25-3/h5-8,13-15,20H,9-10H2,1-4H3/t13-,14+,15-,19+/m1/s1. The van der Waals surface area contributed by atoms with Crippen molar-refractivity contribution in [2.45, 2.75) is 24.9 Å². The quantitative estimate of drug-likeness (QED) is 0.621. The third-order valence-electron chi connectivity index (χ3n) is 5.65. The third kappa shape index (κ3) is 2.65.